The van der Waals surface area contributed by atoms with Gasteiger partial charge in [-0.25, -0.2) is 4.98 Å². The second-order valence-electron chi connectivity index (χ2n) is 3.08. The molecule has 82 valence electrons. The number of methoxy groups -OCH3 is 1. The van der Waals surface area contributed by atoms with Gasteiger partial charge in [0.05, 0.1) is 18.2 Å². The van der Waals surface area contributed by atoms with Gasteiger partial charge in [0.25, 0.3) is 0 Å². The van der Waals surface area contributed by atoms with Gasteiger partial charge in [-0.1, -0.05) is 11.3 Å². The Kier molecular flexibility index (Phi) is 3.79. The molecule has 0 aliphatic heterocycles. The van der Waals surface area contributed by atoms with Gasteiger partial charge in [0.2, 0.25) is 0 Å². The first-order valence-corrected chi connectivity index (χ1v) is 5.09. The second kappa shape index (κ2) is 4.88. The molecule has 0 spiro atoms. The summed E-state index contributed by atoms with van der Waals surface area (Å²) >= 11 is 1.26. The Morgan fingerprint density at radius 1 is 1.53 bits per heavy atom. The molecule has 0 aliphatic carbocycles. The molecule has 6 heteroatoms. The zero-order chi connectivity index (χ0) is 11.4. The molecule has 0 aromatic carbocycles. The molecule has 0 fully saturated rings. The van der Waals surface area contributed by atoms with Crippen LogP contribution in [0, 0.1) is 0 Å². The van der Waals surface area contributed by atoms with Crippen LogP contribution in [-0.4, -0.2) is 37.9 Å². The maximum Gasteiger partial charge on any atom is 0.313 e. The number of ether oxygens (including phenoxy) is 1. The third-order valence-electron chi connectivity index (χ3n) is 1.68. The van der Waals surface area contributed by atoms with Gasteiger partial charge in [0.15, 0.2) is 10.9 Å². The van der Waals surface area contributed by atoms with E-state index in [4.69, 9.17) is 0 Å². The van der Waals surface area contributed by atoms with Gasteiger partial charge in [0, 0.05) is 14.1 Å². The number of hydrogen-bond acceptors (Lipinski definition) is 6. The number of hydrogen-bond donors (Lipinski definition) is 0. The van der Waals surface area contributed by atoms with Gasteiger partial charge in [-0.15, -0.1) is 0 Å². The molecule has 1 aromatic heterocycles. The van der Waals surface area contributed by atoms with Crippen molar-refractivity contribution in [2.24, 2.45) is 0 Å². The van der Waals surface area contributed by atoms with Gasteiger partial charge in [-0.3, -0.25) is 9.59 Å². The predicted octanol–water partition coefficient (Wildman–Crippen LogP) is 0.955. The van der Waals surface area contributed by atoms with Crippen molar-refractivity contribution in [2.45, 2.75) is 6.42 Å². The monoisotopic (exact) mass is 228 g/mol. The molecule has 1 aromatic rings. The molecule has 0 bridgehead atoms. The van der Waals surface area contributed by atoms with E-state index in [1.165, 1.54) is 24.6 Å². The number of ketones is 1. The maximum atomic E-state index is 11.5. The van der Waals surface area contributed by atoms with Gasteiger partial charge in [-0.05, 0) is 0 Å². The first-order chi connectivity index (χ1) is 7.04. The van der Waals surface area contributed by atoms with Crippen molar-refractivity contribution < 1.29 is 14.3 Å². The molecule has 0 amide bonds. The third kappa shape index (κ3) is 3.02. The van der Waals surface area contributed by atoms with Crippen LogP contribution in [-0.2, 0) is 9.53 Å². The number of nitrogens with zero attached hydrogens (tertiary/aromatic N) is 2. The van der Waals surface area contributed by atoms with Gasteiger partial charge < -0.3 is 9.64 Å². The summed E-state index contributed by atoms with van der Waals surface area (Å²) in [7, 11) is 4.94. The van der Waals surface area contributed by atoms with Crippen LogP contribution >= 0.6 is 11.3 Å². The van der Waals surface area contributed by atoms with Gasteiger partial charge in [-0.2, -0.15) is 0 Å². The van der Waals surface area contributed by atoms with Crippen LogP contribution in [0.3, 0.4) is 0 Å². The van der Waals surface area contributed by atoms with E-state index in [0.29, 0.717) is 4.88 Å². The smallest absolute Gasteiger partial charge is 0.313 e. The number of carbonyl (C=O) groups is 2. The van der Waals surface area contributed by atoms with Crippen LogP contribution in [0.2, 0.25) is 0 Å². The van der Waals surface area contributed by atoms with Crippen molar-refractivity contribution in [3.63, 3.8) is 0 Å². The summed E-state index contributed by atoms with van der Waals surface area (Å²) in [6.07, 6.45) is 1.25. The minimum Gasteiger partial charge on any atom is -0.469 e. The number of thiazole rings is 1. The minimum atomic E-state index is -0.528. The summed E-state index contributed by atoms with van der Waals surface area (Å²) in [5.74, 6) is -0.785. The molecular weight excluding hydrogens is 216 g/mol. The molecule has 15 heavy (non-hydrogen) atoms. The van der Waals surface area contributed by atoms with Crippen LogP contribution in [0.25, 0.3) is 0 Å². The van der Waals surface area contributed by atoms with Crippen LogP contribution in [0.4, 0.5) is 5.13 Å². The minimum absolute atomic E-state index is 0.231. The van der Waals surface area contributed by atoms with E-state index in [2.05, 4.69) is 9.72 Å². The summed E-state index contributed by atoms with van der Waals surface area (Å²) in [5.41, 5.74) is 0. The highest BCUT2D eigenvalue weighted by Crippen LogP contribution is 2.21. The van der Waals surface area contributed by atoms with E-state index in [1.54, 1.807) is 4.90 Å². The Morgan fingerprint density at radius 2 is 2.20 bits per heavy atom. The van der Waals surface area contributed by atoms with Crippen molar-refractivity contribution >= 4 is 28.2 Å². The number of carbonyl (C=O) groups excluding carboxylic acids is 2. The maximum absolute atomic E-state index is 11.5. The summed E-state index contributed by atoms with van der Waals surface area (Å²) < 4.78 is 4.41. The summed E-state index contributed by atoms with van der Waals surface area (Å²) in [6, 6.07) is 0. The average Bonchev–Trinajstić information content (AvgIpc) is 2.66. The fourth-order valence-electron chi connectivity index (χ4n) is 0.891. The fourth-order valence-corrected chi connectivity index (χ4v) is 1.67. The number of rotatable bonds is 4. The Morgan fingerprint density at radius 3 is 2.67 bits per heavy atom. The molecule has 0 unspecified atom stereocenters. The molecular formula is C9H12N2O3S. The molecule has 0 N–H and O–H groups in total. The first kappa shape index (κ1) is 11.6. The molecule has 0 aliphatic rings. The van der Waals surface area contributed by atoms with Crippen molar-refractivity contribution in [3.05, 3.63) is 11.1 Å². The van der Waals surface area contributed by atoms with Crippen molar-refractivity contribution in [1.82, 2.24) is 4.98 Å². The third-order valence-corrected chi connectivity index (χ3v) is 2.89. The van der Waals surface area contributed by atoms with Crippen molar-refractivity contribution in [2.75, 3.05) is 26.1 Å². The standard InChI is InChI=1S/C9H12N2O3S/c1-11(2)9-10-5-7(15-9)6(12)4-8(13)14-3/h5H,4H2,1-3H3. The van der Waals surface area contributed by atoms with Crippen LogP contribution in [0.15, 0.2) is 6.20 Å². The highest BCUT2D eigenvalue weighted by molar-refractivity contribution is 7.17. The highest BCUT2D eigenvalue weighted by Gasteiger charge is 2.15. The van der Waals surface area contributed by atoms with Crippen LogP contribution < -0.4 is 4.90 Å². The molecule has 0 atom stereocenters. The molecule has 0 saturated heterocycles. The average molecular weight is 228 g/mol. The van der Waals surface area contributed by atoms with Gasteiger partial charge in [0.1, 0.15) is 6.42 Å². The fraction of sp³-hybridized carbons (Fsp3) is 0.444. The van der Waals surface area contributed by atoms with Gasteiger partial charge >= 0.3 is 5.97 Å². The summed E-state index contributed by atoms with van der Waals surface area (Å²) in [6.45, 7) is 0. The SMILES string of the molecule is COC(=O)CC(=O)c1cnc(N(C)C)s1. The summed E-state index contributed by atoms with van der Waals surface area (Å²) in [5, 5.41) is 0.739. The van der Waals surface area contributed by atoms with E-state index >= 15 is 0 Å². The summed E-state index contributed by atoms with van der Waals surface area (Å²) in [4.78, 5) is 28.7. The van der Waals surface area contributed by atoms with E-state index < -0.39 is 5.97 Å². The van der Waals surface area contributed by atoms with E-state index in [-0.39, 0.29) is 12.2 Å². The number of Topliss-reactive ketones (excluding diaryl/α,β-unsaturated/α-hetero) is 1. The number of aromatic nitrogens is 1. The highest BCUT2D eigenvalue weighted by atomic mass is 32.1. The van der Waals surface area contributed by atoms with Crippen LogP contribution in [0.5, 0.6) is 0 Å². The lowest BCUT2D eigenvalue weighted by atomic mass is 10.2. The zero-order valence-corrected chi connectivity index (χ0v) is 9.63. The topological polar surface area (TPSA) is 59.5 Å². The zero-order valence-electron chi connectivity index (χ0n) is 8.81. The van der Waals surface area contributed by atoms with Crippen LogP contribution in [0.1, 0.15) is 16.1 Å². The second-order valence-corrected chi connectivity index (χ2v) is 4.09. The number of anilines is 1. The Bertz CT molecular complexity index is 373. The molecule has 0 radical (unpaired) electrons. The first-order valence-electron chi connectivity index (χ1n) is 4.27. The molecule has 1 rings (SSSR count). The van der Waals surface area contributed by atoms with E-state index in [1.807, 2.05) is 14.1 Å². The lowest BCUT2D eigenvalue weighted by molar-refractivity contribution is -0.139. The van der Waals surface area contributed by atoms with E-state index in [9.17, 15) is 9.59 Å². The molecule has 1 heterocycles. The Labute approximate surface area is 91.7 Å². The Balaban J connectivity index is 2.70. The van der Waals surface area contributed by atoms with E-state index in [0.717, 1.165) is 5.13 Å². The predicted molar refractivity (Wildman–Crippen MR) is 57.4 cm³/mol. The number of esters is 1. The van der Waals surface area contributed by atoms with Crippen molar-refractivity contribution in [1.29, 1.82) is 0 Å². The molecule has 0 saturated carbocycles. The van der Waals surface area contributed by atoms with Crippen molar-refractivity contribution in [3.8, 4) is 0 Å². The lowest BCUT2D eigenvalue weighted by Gasteiger charge is -2.04. The lowest BCUT2D eigenvalue weighted by Crippen LogP contribution is -2.08. The quantitative estimate of drug-likeness (QED) is 0.436. The normalized spacial score (nSPS) is 9.80. The molecule has 5 nitrogen and oxygen atoms in total. The Hall–Kier alpha value is -1.43. The largest absolute Gasteiger partial charge is 0.469 e.